The zero-order chi connectivity index (χ0) is 10.6. The monoisotopic (exact) mass is 188 g/mol. The maximum Gasteiger partial charge on any atom is 0.516 e. The van der Waals surface area contributed by atoms with Gasteiger partial charge >= 0.3 is 12.1 Å². The fourth-order valence-corrected chi connectivity index (χ4v) is 0.463. The second-order valence-electron chi connectivity index (χ2n) is 3.97. The van der Waals surface area contributed by atoms with Crippen LogP contribution in [0, 0.1) is 5.41 Å². The molecule has 4 nitrogen and oxygen atoms in total. The van der Waals surface area contributed by atoms with Gasteiger partial charge in [-0.05, 0) is 12.3 Å². The lowest BCUT2D eigenvalue weighted by Gasteiger charge is -2.25. The average molecular weight is 188 g/mol. The van der Waals surface area contributed by atoms with Gasteiger partial charge in [-0.3, -0.25) is 4.79 Å². The molecule has 0 N–H and O–H groups in total. The molecule has 1 unspecified atom stereocenters. The molecule has 0 heterocycles. The Balaban J connectivity index is 4.00. The van der Waals surface area contributed by atoms with Crippen LogP contribution in [-0.4, -0.2) is 18.2 Å². The van der Waals surface area contributed by atoms with Crippen LogP contribution >= 0.6 is 0 Å². The van der Waals surface area contributed by atoms with Crippen molar-refractivity contribution in [3.8, 4) is 0 Å². The zero-order valence-electron chi connectivity index (χ0n) is 8.71. The first-order chi connectivity index (χ1) is 5.73. The quantitative estimate of drug-likeness (QED) is 0.467. The highest BCUT2D eigenvalue weighted by Crippen LogP contribution is 2.21. The molecule has 0 amide bonds. The lowest BCUT2D eigenvalue weighted by molar-refractivity contribution is -0.138. The average Bonchev–Trinajstić information content (AvgIpc) is 1.82. The summed E-state index contributed by atoms with van der Waals surface area (Å²) in [4.78, 5) is 21.2. The lowest BCUT2D eigenvalue weighted by atomic mass is 9.90. The van der Waals surface area contributed by atoms with Gasteiger partial charge in [0.2, 0.25) is 0 Å². The third-order valence-corrected chi connectivity index (χ3v) is 1.72. The van der Waals surface area contributed by atoms with Gasteiger partial charge in [-0.1, -0.05) is 20.8 Å². The first-order valence-corrected chi connectivity index (χ1v) is 4.12. The van der Waals surface area contributed by atoms with Crippen molar-refractivity contribution in [1.82, 2.24) is 0 Å². The molecule has 0 aromatic heterocycles. The van der Waals surface area contributed by atoms with Crippen LogP contribution in [0.25, 0.3) is 0 Å². The molecular formula is C9H16O4. The Kier molecular flexibility index (Phi) is 3.91. The minimum absolute atomic E-state index is 0.157. The van der Waals surface area contributed by atoms with Gasteiger partial charge in [-0.25, -0.2) is 4.79 Å². The summed E-state index contributed by atoms with van der Waals surface area (Å²) in [7, 11) is 0. The molecule has 0 spiro atoms. The predicted octanol–water partition coefficient (Wildman–Crippen LogP) is 2.12. The summed E-state index contributed by atoms with van der Waals surface area (Å²) in [5, 5.41) is 0. The van der Waals surface area contributed by atoms with Gasteiger partial charge in [-0.15, -0.1) is 0 Å². The molecule has 13 heavy (non-hydrogen) atoms. The Morgan fingerprint density at radius 1 is 1.23 bits per heavy atom. The Morgan fingerprint density at radius 3 is 2.00 bits per heavy atom. The van der Waals surface area contributed by atoms with Crippen molar-refractivity contribution in [2.45, 2.75) is 40.7 Å². The molecule has 1 atom stereocenters. The first-order valence-electron chi connectivity index (χ1n) is 4.12. The van der Waals surface area contributed by atoms with Gasteiger partial charge in [0, 0.05) is 6.92 Å². The maximum absolute atomic E-state index is 10.8. The molecule has 0 aromatic rings. The zero-order valence-corrected chi connectivity index (χ0v) is 8.71. The highest BCUT2D eigenvalue weighted by atomic mass is 16.7. The van der Waals surface area contributed by atoms with Crippen molar-refractivity contribution in [2.24, 2.45) is 5.41 Å². The highest BCUT2D eigenvalue weighted by molar-refractivity contribution is 5.79. The first kappa shape index (κ1) is 11.9. The summed E-state index contributed by atoms with van der Waals surface area (Å²) in [6.45, 7) is 8.69. The lowest BCUT2D eigenvalue weighted by Crippen LogP contribution is -2.29. The summed E-state index contributed by atoms with van der Waals surface area (Å²) in [6, 6.07) is 0. The fraction of sp³-hybridized carbons (Fsp3) is 0.778. The SMILES string of the molecule is CC(=O)OC(=O)OC(C)C(C)(C)C. The standard InChI is InChI=1S/C9H16O4/c1-6(9(3,4)5)12-8(11)13-7(2)10/h6H,1-5H3. The third kappa shape index (κ3) is 5.22. The molecule has 0 radical (unpaired) electrons. The van der Waals surface area contributed by atoms with Crippen molar-refractivity contribution in [1.29, 1.82) is 0 Å². The van der Waals surface area contributed by atoms with E-state index in [0.717, 1.165) is 6.92 Å². The minimum atomic E-state index is -0.935. The smallest absolute Gasteiger partial charge is 0.430 e. The van der Waals surface area contributed by atoms with Gasteiger partial charge < -0.3 is 9.47 Å². The molecule has 4 heteroatoms. The second kappa shape index (κ2) is 4.25. The Morgan fingerprint density at radius 2 is 1.69 bits per heavy atom. The van der Waals surface area contributed by atoms with E-state index < -0.39 is 12.1 Å². The van der Waals surface area contributed by atoms with Crippen molar-refractivity contribution >= 4 is 12.1 Å². The van der Waals surface area contributed by atoms with Crippen molar-refractivity contribution in [2.75, 3.05) is 0 Å². The number of carbonyl (C=O) groups is 2. The van der Waals surface area contributed by atoms with Gasteiger partial charge in [0.15, 0.2) is 0 Å². The summed E-state index contributed by atoms with van der Waals surface area (Å²) in [5.41, 5.74) is -0.157. The molecule has 0 rings (SSSR count). The van der Waals surface area contributed by atoms with E-state index in [0.29, 0.717) is 0 Å². The number of esters is 1. The molecule has 0 aliphatic heterocycles. The summed E-state index contributed by atoms with van der Waals surface area (Å²) < 4.78 is 9.06. The molecule has 0 aromatic carbocycles. The summed E-state index contributed by atoms with van der Waals surface area (Å²) in [6.07, 6.45) is -1.23. The number of hydrogen-bond donors (Lipinski definition) is 0. The second-order valence-corrected chi connectivity index (χ2v) is 3.97. The summed E-state index contributed by atoms with van der Waals surface area (Å²) in [5.74, 6) is -0.661. The Hall–Kier alpha value is -1.06. The Labute approximate surface area is 78.2 Å². The van der Waals surface area contributed by atoms with Crippen LogP contribution < -0.4 is 0 Å². The molecule has 0 fully saturated rings. The van der Waals surface area contributed by atoms with Crippen LogP contribution in [0.2, 0.25) is 0 Å². The van der Waals surface area contributed by atoms with E-state index in [2.05, 4.69) is 4.74 Å². The topological polar surface area (TPSA) is 52.6 Å². The van der Waals surface area contributed by atoms with E-state index in [9.17, 15) is 9.59 Å². The molecule has 0 bridgehead atoms. The molecular weight excluding hydrogens is 172 g/mol. The van der Waals surface area contributed by atoms with Crippen LogP contribution in [-0.2, 0) is 14.3 Å². The van der Waals surface area contributed by atoms with Crippen LogP contribution in [0.3, 0.4) is 0 Å². The van der Waals surface area contributed by atoms with E-state index >= 15 is 0 Å². The number of carbonyl (C=O) groups excluding carboxylic acids is 2. The van der Waals surface area contributed by atoms with E-state index in [1.54, 1.807) is 6.92 Å². The van der Waals surface area contributed by atoms with E-state index in [4.69, 9.17) is 4.74 Å². The largest absolute Gasteiger partial charge is 0.516 e. The van der Waals surface area contributed by atoms with Crippen molar-refractivity contribution in [3.05, 3.63) is 0 Å². The molecule has 0 saturated carbocycles. The van der Waals surface area contributed by atoms with Crippen LogP contribution in [0.1, 0.15) is 34.6 Å². The van der Waals surface area contributed by atoms with Crippen molar-refractivity contribution in [3.63, 3.8) is 0 Å². The predicted molar refractivity (Wildman–Crippen MR) is 47.2 cm³/mol. The van der Waals surface area contributed by atoms with Gasteiger partial charge in [-0.2, -0.15) is 0 Å². The van der Waals surface area contributed by atoms with Crippen LogP contribution in [0.5, 0.6) is 0 Å². The molecule has 0 saturated heterocycles. The van der Waals surface area contributed by atoms with Crippen LogP contribution in [0.15, 0.2) is 0 Å². The van der Waals surface area contributed by atoms with Crippen molar-refractivity contribution < 1.29 is 19.1 Å². The van der Waals surface area contributed by atoms with Gasteiger partial charge in [0.05, 0.1) is 0 Å². The van der Waals surface area contributed by atoms with E-state index in [1.165, 1.54) is 0 Å². The molecule has 0 aliphatic carbocycles. The normalized spacial score (nSPS) is 13.3. The number of ether oxygens (including phenoxy) is 2. The van der Waals surface area contributed by atoms with Crippen LogP contribution in [0.4, 0.5) is 4.79 Å². The molecule has 0 aliphatic rings. The molecule has 76 valence electrons. The minimum Gasteiger partial charge on any atom is -0.430 e. The number of rotatable bonds is 1. The highest BCUT2D eigenvalue weighted by Gasteiger charge is 2.24. The van der Waals surface area contributed by atoms with E-state index in [1.807, 2.05) is 20.8 Å². The fourth-order valence-electron chi connectivity index (χ4n) is 0.463. The Bertz CT molecular complexity index is 202. The maximum atomic E-state index is 10.8. The van der Waals surface area contributed by atoms with E-state index in [-0.39, 0.29) is 11.5 Å². The summed E-state index contributed by atoms with van der Waals surface area (Å²) >= 11 is 0. The third-order valence-electron chi connectivity index (χ3n) is 1.72. The number of hydrogen-bond acceptors (Lipinski definition) is 4. The van der Waals surface area contributed by atoms with Gasteiger partial charge in [0.25, 0.3) is 0 Å². The van der Waals surface area contributed by atoms with Gasteiger partial charge in [0.1, 0.15) is 6.10 Å².